The highest BCUT2D eigenvalue weighted by Crippen LogP contribution is 2.15. The molecule has 0 aliphatic carbocycles. The van der Waals surface area contributed by atoms with Gasteiger partial charge >= 0.3 is 6.01 Å². The maximum atomic E-state index is 5.18. The average Bonchev–Trinajstić information content (AvgIpc) is 3.50. The lowest BCUT2D eigenvalue weighted by atomic mass is 10.2. The van der Waals surface area contributed by atoms with Gasteiger partial charge in [-0.1, -0.05) is 70.3 Å². The molecule has 5 rings (SSSR count). The standard InChI is InChI=1S/C18H13N11O/c1-30-18-20-16(28-24-14(22-26-28)12-8-4-2-5-9-12)19-17(21-18)29-25-15(23-27-29)13-10-6-3-7-11-13/h2-11H,1H3. The van der Waals surface area contributed by atoms with Gasteiger partial charge in [0.25, 0.3) is 11.9 Å². The Labute approximate surface area is 169 Å². The fourth-order valence-electron chi connectivity index (χ4n) is 2.61. The first-order valence-corrected chi connectivity index (χ1v) is 8.82. The van der Waals surface area contributed by atoms with Crippen molar-refractivity contribution in [2.75, 3.05) is 7.11 Å². The zero-order valence-corrected chi connectivity index (χ0v) is 15.6. The highest BCUT2D eigenvalue weighted by atomic mass is 16.5. The summed E-state index contributed by atoms with van der Waals surface area (Å²) in [4.78, 5) is 15.1. The molecule has 2 aromatic carbocycles. The van der Waals surface area contributed by atoms with E-state index in [0.717, 1.165) is 11.1 Å². The van der Waals surface area contributed by atoms with E-state index in [9.17, 15) is 0 Å². The van der Waals surface area contributed by atoms with Gasteiger partial charge in [0.2, 0.25) is 11.6 Å². The minimum Gasteiger partial charge on any atom is -0.467 e. The van der Waals surface area contributed by atoms with Crippen LogP contribution >= 0.6 is 0 Å². The number of aromatic nitrogens is 11. The van der Waals surface area contributed by atoms with E-state index in [1.54, 1.807) is 0 Å². The summed E-state index contributed by atoms with van der Waals surface area (Å²) in [6, 6.07) is 18.9. The molecule has 0 saturated heterocycles. The molecule has 0 amide bonds. The number of hydrogen-bond acceptors (Lipinski definition) is 10. The molecule has 0 atom stereocenters. The van der Waals surface area contributed by atoms with Crippen molar-refractivity contribution in [3.05, 3.63) is 60.7 Å². The van der Waals surface area contributed by atoms with Crippen LogP contribution in [0.25, 0.3) is 34.7 Å². The first kappa shape index (κ1) is 17.5. The Bertz CT molecular complexity index is 1190. The molecule has 146 valence electrons. The van der Waals surface area contributed by atoms with Crippen molar-refractivity contribution in [3.63, 3.8) is 0 Å². The van der Waals surface area contributed by atoms with Crippen LogP contribution in [0.15, 0.2) is 60.7 Å². The molecule has 5 aromatic rings. The van der Waals surface area contributed by atoms with Crippen LogP contribution in [0.3, 0.4) is 0 Å². The van der Waals surface area contributed by atoms with Crippen LogP contribution < -0.4 is 4.74 Å². The van der Waals surface area contributed by atoms with Crippen LogP contribution in [0.1, 0.15) is 0 Å². The maximum Gasteiger partial charge on any atom is 0.322 e. The molecular formula is C18H13N11O. The number of ether oxygens (including phenoxy) is 1. The molecule has 0 radical (unpaired) electrons. The third-order valence-corrected chi connectivity index (χ3v) is 4.02. The molecular weight excluding hydrogens is 386 g/mol. The Hall–Kier alpha value is -4.61. The van der Waals surface area contributed by atoms with Gasteiger partial charge in [0.1, 0.15) is 0 Å². The molecule has 0 spiro atoms. The normalized spacial score (nSPS) is 10.8. The van der Waals surface area contributed by atoms with Gasteiger partial charge in [-0.25, -0.2) is 0 Å². The van der Waals surface area contributed by atoms with E-state index in [1.807, 2.05) is 60.7 Å². The van der Waals surface area contributed by atoms with E-state index in [4.69, 9.17) is 4.74 Å². The van der Waals surface area contributed by atoms with Gasteiger partial charge in [0, 0.05) is 11.1 Å². The van der Waals surface area contributed by atoms with E-state index in [0.29, 0.717) is 11.6 Å². The Balaban J connectivity index is 1.52. The fourth-order valence-corrected chi connectivity index (χ4v) is 2.61. The third-order valence-electron chi connectivity index (χ3n) is 4.02. The fraction of sp³-hybridized carbons (Fsp3) is 0.0556. The lowest BCUT2D eigenvalue weighted by Gasteiger charge is -2.03. The summed E-state index contributed by atoms with van der Waals surface area (Å²) >= 11 is 0. The predicted molar refractivity (Wildman–Crippen MR) is 103 cm³/mol. The molecule has 0 aliphatic rings. The van der Waals surface area contributed by atoms with Crippen LogP contribution in [0, 0.1) is 0 Å². The van der Waals surface area contributed by atoms with E-state index in [-0.39, 0.29) is 17.9 Å². The third kappa shape index (κ3) is 3.32. The molecule has 0 fully saturated rings. The minimum absolute atomic E-state index is 0.0483. The molecule has 0 N–H and O–H groups in total. The molecule has 30 heavy (non-hydrogen) atoms. The number of hydrogen-bond donors (Lipinski definition) is 0. The van der Waals surface area contributed by atoms with E-state index in [2.05, 4.69) is 45.8 Å². The summed E-state index contributed by atoms with van der Waals surface area (Å²) in [6.45, 7) is 0. The average molecular weight is 399 g/mol. The van der Waals surface area contributed by atoms with Crippen LogP contribution in [-0.4, -0.2) is 62.5 Å². The summed E-state index contributed by atoms with van der Waals surface area (Å²) < 4.78 is 5.18. The Morgan fingerprint density at radius 3 is 1.53 bits per heavy atom. The van der Waals surface area contributed by atoms with Gasteiger partial charge in [-0.2, -0.15) is 15.0 Å². The molecule has 12 heteroatoms. The van der Waals surface area contributed by atoms with Gasteiger partial charge in [-0.05, 0) is 10.4 Å². The van der Waals surface area contributed by atoms with E-state index < -0.39 is 0 Å². The topological polar surface area (TPSA) is 135 Å². The van der Waals surface area contributed by atoms with E-state index >= 15 is 0 Å². The number of benzene rings is 2. The number of methoxy groups -OCH3 is 1. The van der Waals surface area contributed by atoms with Gasteiger partial charge in [-0.3, -0.25) is 0 Å². The minimum atomic E-state index is 0.0483. The van der Waals surface area contributed by atoms with Crippen molar-refractivity contribution >= 4 is 0 Å². The molecule has 12 nitrogen and oxygen atoms in total. The lowest BCUT2D eigenvalue weighted by Crippen LogP contribution is -2.13. The van der Waals surface area contributed by atoms with Crippen LogP contribution in [0.4, 0.5) is 0 Å². The summed E-state index contributed by atoms with van der Waals surface area (Å²) in [5.41, 5.74) is 1.63. The van der Waals surface area contributed by atoms with Crippen molar-refractivity contribution in [2.24, 2.45) is 0 Å². The second kappa shape index (κ2) is 7.43. The summed E-state index contributed by atoms with van der Waals surface area (Å²) in [6.07, 6.45) is 0. The van der Waals surface area contributed by atoms with Gasteiger partial charge in [0.15, 0.2) is 0 Å². The van der Waals surface area contributed by atoms with Crippen LogP contribution in [0.2, 0.25) is 0 Å². The number of rotatable bonds is 5. The van der Waals surface area contributed by atoms with Crippen molar-refractivity contribution in [3.8, 4) is 40.7 Å². The van der Waals surface area contributed by atoms with Crippen molar-refractivity contribution in [1.82, 2.24) is 55.4 Å². The van der Waals surface area contributed by atoms with Gasteiger partial charge in [0.05, 0.1) is 7.11 Å². The van der Waals surface area contributed by atoms with Crippen LogP contribution in [0.5, 0.6) is 6.01 Å². The molecule has 0 aliphatic heterocycles. The highest BCUT2D eigenvalue weighted by Gasteiger charge is 2.16. The first-order chi connectivity index (χ1) is 14.8. The smallest absolute Gasteiger partial charge is 0.322 e. The van der Waals surface area contributed by atoms with Crippen molar-refractivity contribution < 1.29 is 4.74 Å². The molecule has 0 saturated carbocycles. The SMILES string of the molecule is COc1nc(-n2nnc(-c3ccccc3)n2)nc(-n2nnc(-c3ccccc3)n2)n1. The Morgan fingerprint density at radius 2 is 1.10 bits per heavy atom. The summed E-state index contributed by atoms with van der Waals surface area (Å²) in [5, 5.41) is 24.8. The van der Waals surface area contributed by atoms with Crippen molar-refractivity contribution in [1.29, 1.82) is 0 Å². The number of nitrogens with zero attached hydrogens (tertiary/aromatic N) is 11. The number of tetrazole rings is 2. The largest absolute Gasteiger partial charge is 0.467 e. The zero-order valence-electron chi connectivity index (χ0n) is 15.6. The predicted octanol–water partition coefficient (Wildman–Crippen LogP) is 1.17. The zero-order chi connectivity index (χ0) is 20.3. The molecule has 0 unspecified atom stereocenters. The molecule has 3 heterocycles. The second-order valence-corrected chi connectivity index (χ2v) is 5.96. The van der Waals surface area contributed by atoms with Gasteiger partial charge in [-0.15, -0.1) is 20.4 Å². The highest BCUT2D eigenvalue weighted by molar-refractivity contribution is 5.54. The molecule has 0 bridgehead atoms. The Morgan fingerprint density at radius 1 is 0.633 bits per heavy atom. The molecule has 3 aromatic heterocycles. The first-order valence-electron chi connectivity index (χ1n) is 8.82. The summed E-state index contributed by atoms with van der Waals surface area (Å²) in [7, 11) is 1.44. The van der Waals surface area contributed by atoms with E-state index in [1.165, 1.54) is 16.7 Å². The maximum absolute atomic E-state index is 5.18. The monoisotopic (exact) mass is 399 g/mol. The van der Waals surface area contributed by atoms with Crippen LogP contribution in [-0.2, 0) is 0 Å². The lowest BCUT2D eigenvalue weighted by molar-refractivity contribution is 0.373. The second-order valence-electron chi connectivity index (χ2n) is 5.96. The Kier molecular flexibility index (Phi) is 4.33. The quantitative estimate of drug-likeness (QED) is 0.423. The van der Waals surface area contributed by atoms with Crippen molar-refractivity contribution in [2.45, 2.75) is 0 Å². The van der Waals surface area contributed by atoms with Gasteiger partial charge < -0.3 is 4.74 Å². The summed E-state index contributed by atoms with van der Waals surface area (Å²) in [5.74, 6) is 1.07.